The van der Waals surface area contributed by atoms with Crippen molar-refractivity contribution in [3.8, 4) is 0 Å². The molecule has 0 radical (unpaired) electrons. The summed E-state index contributed by atoms with van der Waals surface area (Å²) in [6.07, 6.45) is 3.20. The van der Waals surface area contributed by atoms with E-state index >= 15 is 0 Å². The zero-order valence-electron chi connectivity index (χ0n) is 10.7. The smallest absolute Gasteiger partial charge is 0.354 e. The number of nitrogens with zero attached hydrogens (tertiary/aromatic N) is 3. The van der Waals surface area contributed by atoms with E-state index in [4.69, 9.17) is 5.11 Å². The molecule has 0 aliphatic heterocycles. The van der Waals surface area contributed by atoms with E-state index in [2.05, 4.69) is 20.3 Å². The lowest BCUT2D eigenvalue weighted by Gasteiger charge is -2.07. The Hall–Kier alpha value is -2.50. The second kappa shape index (κ2) is 5.43. The summed E-state index contributed by atoms with van der Waals surface area (Å²) in [6, 6.07) is 3.20. The zero-order valence-corrected chi connectivity index (χ0v) is 10.7. The highest BCUT2D eigenvalue weighted by Gasteiger charge is 2.04. The third-order valence-corrected chi connectivity index (χ3v) is 2.71. The molecule has 0 saturated carbocycles. The third-order valence-electron chi connectivity index (χ3n) is 2.71. The molecular formula is C13H14N4O2. The fourth-order valence-corrected chi connectivity index (χ4v) is 1.48. The van der Waals surface area contributed by atoms with Crippen molar-refractivity contribution >= 4 is 11.8 Å². The molecule has 0 aliphatic rings. The summed E-state index contributed by atoms with van der Waals surface area (Å²) in [4.78, 5) is 23.1. The largest absolute Gasteiger partial charge is 0.477 e. The van der Waals surface area contributed by atoms with E-state index in [1.165, 1.54) is 12.3 Å². The molecule has 0 amide bonds. The van der Waals surface area contributed by atoms with Crippen LogP contribution in [0.25, 0.3) is 0 Å². The minimum Gasteiger partial charge on any atom is -0.477 e. The molecule has 2 aromatic heterocycles. The van der Waals surface area contributed by atoms with Gasteiger partial charge < -0.3 is 10.4 Å². The van der Waals surface area contributed by atoms with Crippen LogP contribution in [0.15, 0.2) is 24.5 Å². The number of carbonyl (C=O) groups is 1. The summed E-state index contributed by atoms with van der Waals surface area (Å²) in [5, 5.41) is 11.9. The number of carboxylic acids is 1. The van der Waals surface area contributed by atoms with Crippen LogP contribution < -0.4 is 5.32 Å². The van der Waals surface area contributed by atoms with E-state index in [0.717, 1.165) is 17.0 Å². The van der Waals surface area contributed by atoms with Gasteiger partial charge in [-0.1, -0.05) is 6.07 Å². The predicted molar refractivity (Wildman–Crippen MR) is 70.0 cm³/mol. The maximum Gasteiger partial charge on any atom is 0.354 e. The Balaban J connectivity index is 2.01. The van der Waals surface area contributed by atoms with E-state index in [0.29, 0.717) is 12.4 Å². The van der Waals surface area contributed by atoms with Gasteiger partial charge in [0.25, 0.3) is 0 Å². The van der Waals surface area contributed by atoms with Gasteiger partial charge in [0.1, 0.15) is 11.5 Å². The van der Waals surface area contributed by atoms with Crippen LogP contribution in [-0.4, -0.2) is 26.0 Å². The monoisotopic (exact) mass is 258 g/mol. The second-order valence-corrected chi connectivity index (χ2v) is 4.14. The summed E-state index contributed by atoms with van der Waals surface area (Å²) in [5.74, 6) is -0.343. The summed E-state index contributed by atoms with van der Waals surface area (Å²) in [7, 11) is 0. The molecule has 6 heteroatoms. The van der Waals surface area contributed by atoms with Crippen LogP contribution in [0.3, 0.4) is 0 Å². The molecule has 0 unspecified atom stereocenters. The van der Waals surface area contributed by atoms with Gasteiger partial charge in [-0.25, -0.2) is 14.8 Å². The number of aryl methyl sites for hydroxylation is 2. The van der Waals surface area contributed by atoms with Crippen molar-refractivity contribution in [2.45, 2.75) is 20.4 Å². The first-order chi connectivity index (χ1) is 9.06. The van der Waals surface area contributed by atoms with Crippen molar-refractivity contribution in [2.24, 2.45) is 0 Å². The molecule has 0 saturated heterocycles. The van der Waals surface area contributed by atoms with Crippen molar-refractivity contribution in [3.63, 3.8) is 0 Å². The Morgan fingerprint density at radius 1 is 1.21 bits per heavy atom. The Bertz CT molecular complexity index is 596. The van der Waals surface area contributed by atoms with Crippen LogP contribution in [0.5, 0.6) is 0 Å². The van der Waals surface area contributed by atoms with Crippen molar-refractivity contribution in [3.05, 3.63) is 47.2 Å². The summed E-state index contributed by atoms with van der Waals surface area (Å²) in [5.41, 5.74) is 2.70. The van der Waals surface area contributed by atoms with Gasteiger partial charge in [-0.05, 0) is 25.5 Å². The number of aromatic carboxylic acids is 1. The summed E-state index contributed by atoms with van der Waals surface area (Å²) < 4.78 is 0. The molecule has 2 rings (SSSR count). The first-order valence-corrected chi connectivity index (χ1v) is 5.78. The van der Waals surface area contributed by atoms with Crippen molar-refractivity contribution in [1.29, 1.82) is 0 Å². The van der Waals surface area contributed by atoms with Crippen LogP contribution in [0.4, 0.5) is 5.82 Å². The molecular weight excluding hydrogens is 244 g/mol. The minimum atomic E-state index is -1.03. The molecule has 0 bridgehead atoms. The second-order valence-electron chi connectivity index (χ2n) is 4.14. The van der Waals surface area contributed by atoms with E-state index in [1.54, 1.807) is 12.3 Å². The van der Waals surface area contributed by atoms with Crippen molar-refractivity contribution < 1.29 is 9.90 Å². The lowest BCUT2D eigenvalue weighted by Crippen LogP contribution is -2.05. The van der Waals surface area contributed by atoms with Crippen LogP contribution in [0.2, 0.25) is 0 Å². The summed E-state index contributed by atoms with van der Waals surface area (Å²) in [6.45, 7) is 4.32. The molecule has 2 aromatic rings. The highest BCUT2D eigenvalue weighted by molar-refractivity contribution is 5.85. The molecule has 0 aromatic carbocycles. The molecule has 0 atom stereocenters. The van der Waals surface area contributed by atoms with Crippen LogP contribution in [0.1, 0.15) is 27.4 Å². The van der Waals surface area contributed by atoms with E-state index in [1.807, 2.05) is 13.8 Å². The Morgan fingerprint density at radius 3 is 2.58 bits per heavy atom. The van der Waals surface area contributed by atoms with E-state index < -0.39 is 5.97 Å². The maximum atomic E-state index is 10.7. The fourth-order valence-electron chi connectivity index (χ4n) is 1.48. The normalized spacial score (nSPS) is 10.2. The molecule has 6 nitrogen and oxygen atoms in total. The summed E-state index contributed by atoms with van der Waals surface area (Å²) >= 11 is 0. The molecule has 0 fully saturated rings. The minimum absolute atomic E-state index is 0.0368. The maximum absolute atomic E-state index is 10.7. The standard InChI is InChI=1S/C13H14N4O2/c1-8-9(2)17-12(7-14-8)16-6-10-3-4-11(13(18)19)15-5-10/h3-5,7H,6H2,1-2H3,(H,16,17)(H,18,19). The van der Waals surface area contributed by atoms with Gasteiger partial charge in [-0.3, -0.25) is 4.98 Å². The molecule has 19 heavy (non-hydrogen) atoms. The number of nitrogens with one attached hydrogen (secondary N) is 1. The van der Waals surface area contributed by atoms with Crippen LogP contribution in [-0.2, 0) is 6.54 Å². The Labute approximate surface area is 110 Å². The number of anilines is 1. The third kappa shape index (κ3) is 3.25. The van der Waals surface area contributed by atoms with Gasteiger partial charge in [0.2, 0.25) is 0 Å². The van der Waals surface area contributed by atoms with Gasteiger partial charge in [0.15, 0.2) is 0 Å². The molecule has 2 N–H and O–H groups in total. The highest BCUT2D eigenvalue weighted by Crippen LogP contribution is 2.08. The number of hydrogen-bond donors (Lipinski definition) is 2. The number of pyridine rings is 1. The van der Waals surface area contributed by atoms with Gasteiger partial charge in [0, 0.05) is 12.7 Å². The number of hydrogen-bond acceptors (Lipinski definition) is 5. The first kappa shape index (κ1) is 12.9. The van der Waals surface area contributed by atoms with Gasteiger partial charge in [-0.15, -0.1) is 0 Å². The van der Waals surface area contributed by atoms with E-state index in [9.17, 15) is 4.79 Å². The highest BCUT2D eigenvalue weighted by atomic mass is 16.4. The first-order valence-electron chi connectivity index (χ1n) is 5.78. The molecule has 2 heterocycles. The quantitative estimate of drug-likeness (QED) is 0.869. The lowest BCUT2D eigenvalue weighted by molar-refractivity contribution is 0.0690. The average molecular weight is 258 g/mol. The molecule has 0 aliphatic carbocycles. The average Bonchev–Trinajstić information content (AvgIpc) is 2.40. The topological polar surface area (TPSA) is 88.0 Å². The van der Waals surface area contributed by atoms with Gasteiger partial charge in [-0.2, -0.15) is 0 Å². The number of aromatic nitrogens is 3. The Kier molecular flexibility index (Phi) is 3.70. The van der Waals surface area contributed by atoms with Crippen molar-refractivity contribution in [1.82, 2.24) is 15.0 Å². The number of rotatable bonds is 4. The Morgan fingerprint density at radius 2 is 2.00 bits per heavy atom. The van der Waals surface area contributed by atoms with Gasteiger partial charge in [0.05, 0.1) is 17.6 Å². The number of carboxylic acid groups (broad SMARTS) is 1. The fraction of sp³-hybridized carbons (Fsp3) is 0.231. The molecule has 98 valence electrons. The lowest BCUT2D eigenvalue weighted by atomic mass is 10.2. The van der Waals surface area contributed by atoms with Crippen LogP contribution in [0, 0.1) is 13.8 Å². The van der Waals surface area contributed by atoms with Gasteiger partial charge >= 0.3 is 5.97 Å². The van der Waals surface area contributed by atoms with Crippen LogP contribution >= 0.6 is 0 Å². The predicted octanol–water partition coefficient (Wildman–Crippen LogP) is 1.80. The van der Waals surface area contributed by atoms with E-state index in [-0.39, 0.29) is 5.69 Å². The molecule has 0 spiro atoms. The zero-order chi connectivity index (χ0) is 13.8. The SMILES string of the molecule is Cc1ncc(NCc2ccc(C(=O)O)nc2)nc1C. The van der Waals surface area contributed by atoms with Crippen molar-refractivity contribution in [2.75, 3.05) is 5.32 Å².